The van der Waals surface area contributed by atoms with Gasteiger partial charge in [-0.25, -0.2) is 4.98 Å². The van der Waals surface area contributed by atoms with Gasteiger partial charge in [-0.2, -0.15) is 0 Å². The highest BCUT2D eigenvalue weighted by molar-refractivity contribution is 6.11. The zero-order valence-corrected chi connectivity index (χ0v) is 14.4. The predicted octanol–water partition coefficient (Wildman–Crippen LogP) is 3.31. The topological polar surface area (TPSA) is 107 Å². The number of anilines is 1. The lowest BCUT2D eigenvalue weighted by molar-refractivity contribution is 0.100. The quantitative estimate of drug-likeness (QED) is 0.798. The Morgan fingerprint density at radius 3 is 2.76 bits per heavy atom. The van der Waals surface area contributed by atoms with Crippen LogP contribution in [-0.2, 0) is 0 Å². The lowest BCUT2D eigenvalue weighted by Gasteiger charge is -2.24. The number of amides is 1. The maximum Gasteiger partial charge on any atom is 0.253 e. The van der Waals surface area contributed by atoms with Gasteiger partial charge in [-0.05, 0) is 49.8 Å². The van der Waals surface area contributed by atoms with Gasteiger partial charge < -0.3 is 16.6 Å². The fraction of sp³-hybridized carbons (Fsp3) is 0.368. The number of hydrogen-bond donors (Lipinski definition) is 3. The molecule has 1 fully saturated rings. The Kier molecular flexibility index (Phi) is 3.39. The van der Waals surface area contributed by atoms with Gasteiger partial charge in [0.1, 0.15) is 17.2 Å². The lowest BCUT2D eigenvalue weighted by Crippen LogP contribution is -2.17. The van der Waals surface area contributed by atoms with Crippen LogP contribution in [0, 0.1) is 5.92 Å². The van der Waals surface area contributed by atoms with E-state index in [2.05, 4.69) is 11.9 Å². The van der Waals surface area contributed by atoms with Gasteiger partial charge in [-0.15, -0.1) is 0 Å². The number of primary amides is 1. The molecule has 1 atom stereocenters. The Balaban J connectivity index is 2.04. The third kappa shape index (κ3) is 2.32. The van der Waals surface area contributed by atoms with Gasteiger partial charge >= 0.3 is 0 Å². The second-order valence-corrected chi connectivity index (χ2v) is 7.11. The molecular formula is C19H22N4O2. The van der Waals surface area contributed by atoms with Gasteiger partial charge in [0.2, 0.25) is 0 Å². The molecule has 1 amide bonds. The SMILES string of the molecule is CC1=C(n2c(N)c(C(N)=O)c3cc(C4CC4)cnc32)C(C)CC=C1O. The Labute approximate surface area is 145 Å². The van der Waals surface area contributed by atoms with Crippen molar-refractivity contribution < 1.29 is 9.90 Å². The highest BCUT2D eigenvalue weighted by Crippen LogP contribution is 2.43. The van der Waals surface area contributed by atoms with Crippen molar-refractivity contribution in [1.82, 2.24) is 9.55 Å². The normalized spacial score (nSPS) is 20.9. The summed E-state index contributed by atoms with van der Waals surface area (Å²) in [6.07, 6.45) is 6.66. The number of nitrogen functional groups attached to an aromatic ring is 1. The van der Waals surface area contributed by atoms with Crippen molar-refractivity contribution >= 4 is 28.5 Å². The molecule has 2 aliphatic rings. The highest BCUT2D eigenvalue weighted by Gasteiger charge is 2.30. The number of rotatable bonds is 3. The first-order chi connectivity index (χ1) is 11.9. The van der Waals surface area contributed by atoms with E-state index in [-0.39, 0.29) is 11.7 Å². The number of hydrogen-bond acceptors (Lipinski definition) is 4. The maximum absolute atomic E-state index is 12.1. The van der Waals surface area contributed by atoms with Crippen LogP contribution in [0.3, 0.4) is 0 Å². The van der Waals surface area contributed by atoms with E-state index in [9.17, 15) is 9.90 Å². The van der Waals surface area contributed by atoms with Gasteiger partial charge in [0.25, 0.3) is 5.91 Å². The average Bonchev–Trinajstić information content (AvgIpc) is 3.36. The van der Waals surface area contributed by atoms with Crippen LogP contribution in [0.5, 0.6) is 0 Å². The fourth-order valence-corrected chi connectivity index (χ4v) is 3.78. The van der Waals surface area contributed by atoms with Crippen molar-refractivity contribution in [2.24, 2.45) is 11.7 Å². The Morgan fingerprint density at radius 2 is 2.12 bits per heavy atom. The van der Waals surface area contributed by atoms with Crippen LogP contribution in [0.25, 0.3) is 16.7 Å². The summed E-state index contributed by atoms with van der Waals surface area (Å²) in [5.41, 5.74) is 15.6. The number of aliphatic hydroxyl groups excluding tert-OH is 1. The third-order valence-corrected chi connectivity index (χ3v) is 5.30. The van der Waals surface area contributed by atoms with Crippen molar-refractivity contribution in [3.63, 3.8) is 0 Å². The van der Waals surface area contributed by atoms with E-state index in [1.807, 2.05) is 19.2 Å². The minimum Gasteiger partial charge on any atom is -0.508 e. The van der Waals surface area contributed by atoms with Crippen molar-refractivity contribution in [3.8, 4) is 0 Å². The first-order valence-corrected chi connectivity index (χ1v) is 8.60. The molecule has 0 bridgehead atoms. The van der Waals surface area contributed by atoms with Gasteiger partial charge in [0.15, 0.2) is 0 Å². The number of nitrogens with zero attached hydrogens (tertiary/aromatic N) is 2. The van der Waals surface area contributed by atoms with Gasteiger partial charge in [0.05, 0.1) is 5.56 Å². The summed E-state index contributed by atoms with van der Waals surface area (Å²) in [5.74, 6) is 0.629. The molecule has 0 saturated heterocycles. The molecule has 6 nitrogen and oxygen atoms in total. The van der Waals surface area contributed by atoms with E-state index < -0.39 is 5.91 Å². The summed E-state index contributed by atoms with van der Waals surface area (Å²) in [6.45, 7) is 3.92. The van der Waals surface area contributed by atoms with Crippen molar-refractivity contribution in [2.75, 3.05) is 5.73 Å². The monoisotopic (exact) mass is 338 g/mol. The molecule has 0 aromatic carbocycles. The van der Waals surface area contributed by atoms with E-state index in [4.69, 9.17) is 11.5 Å². The molecule has 2 aliphatic carbocycles. The van der Waals surface area contributed by atoms with Crippen LogP contribution in [0.1, 0.15) is 54.9 Å². The van der Waals surface area contributed by atoms with Crippen LogP contribution in [0.15, 0.2) is 29.7 Å². The Morgan fingerprint density at radius 1 is 1.40 bits per heavy atom. The zero-order valence-electron chi connectivity index (χ0n) is 14.4. The zero-order chi connectivity index (χ0) is 17.9. The van der Waals surface area contributed by atoms with Crippen LogP contribution >= 0.6 is 0 Å². The number of carbonyl (C=O) groups excluding carboxylic acids is 1. The fourth-order valence-electron chi connectivity index (χ4n) is 3.78. The highest BCUT2D eigenvalue weighted by atomic mass is 16.3. The molecular weight excluding hydrogens is 316 g/mol. The van der Waals surface area contributed by atoms with Gasteiger partial charge in [-0.1, -0.05) is 6.92 Å². The molecule has 0 spiro atoms. The summed E-state index contributed by atoms with van der Waals surface area (Å²) in [4.78, 5) is 16.7. The van der Waals surface area contributed by atoms with E-state index in [0.29, 0.717) is 34.8 Å². The molecule has 2 heterocycles. The largest absolute Gasteiger partial charge is 0.508 e. The van der Waals surface area contributed by atoms with Crippen molar-refractivity contribution in [1.29, 1.82) is 0 Å². The number of fused-ring (bicyclic) bond motifs is 1. The summed E-state index contributed by atoms with van der Waals surface area (Å²) in [7, 11) is 0. The summed E-state index contributed by atoms with van der Waals surface area (Å²) < 4.78 is 1.79. The molecule has 2 aromatic rings. The number of allylic oxidation sites excluding steroid dienone is 3. The number of nitrogens with two attached hydrogens (primary N) is 2. The molecule has 1 saturated carbocycles. The van der Waals surface area contributed by atoms with E-state index in [1.54, 1.807) is 10.6 Å². The third-order valence-electron chi connectivity index (χ3n) is 5.30. The molecule has 0 radical (unpaired) electrons. The molecule has 25 heavy (non-hydrogen) atoms. The van der Waals surface area contributed by atoms with Gasteiger partial charge in [0, 0.05) is 28.8 Å². The van der Waals surface area contributed by atoms with Gasteiger partial charge in [-0.3, -0.25) is 9.36 Å². The minimum atomic E-state index is -0.558. The number of aliphatic hydroxyl groups is 1. The molecule has 4 rings (SSSR count). The molecule has 130 valence electrons. The number of aromatic nitrogens is 2. The second-order valence-electron chi connectivity index (χ2n) is 7.11. The molecule has 0 aliphatic heterocycles. The maximum atomic E-state index is 12.1. The molecule has 1 unspecified atom stereocenters. The van der Waals surface area contributed by atoms with E-state index in [0.717, 1.165) is 29.7 Å². The number of pyridine rings is 1. The van der Waals surface area contributed by atoms with Crippen LogP contribution < -0.4 is 11.5 Å². The van der Waals surface area contributed by atoms with E-state index in [1.165, 1.54) is 0 Å². The van der Waals surface area contributed by atoms with Crippen LogP contribution in [0.4, 0.5) is 5.82 Å². The van der Waals surface area contributed by atoms with Crippen molar-refractivity contribution in [2.45, 2.75) is 39.0 Å². The first kappa shape index (κ1) is 15.7. The average molecular weight is 338 g/mol. The molecule has 5 N–H and O–H groups in total. The summed E-state index contributed by atoms with van der Waals surface area (Å²) in [6, 6.07) is 1.99. The van der Waals surface area contributed by atoms with Crippen molar-refractivity contribution in [3.05, 3.63) is 40.8 Å². The van der Waals surface area contributed by atoms with E-state index >= 15 is 0 Å². The predicted molar refractivity (Wildman–Crippen MR) is 98.0 cm³/mol. The molecule has 2 aromatic heterocycles. The standard InChI is InChI=1S/C19H22N4O2/c1-9-3-6-14(24)10(2)16(9)23-17(20)15(18(21)25)13-7-12(11-4-5-11)8-22-19(13)23/h6-9,11,24H,3-5,20H2,1-2H3,(H2,21,25). The smallest absolute Gasteiger partial charge is 0.253 e. The molecule has 6 heteroatoms. The minimum absolute atomic E-state index is 0.138. The summed E-state index contributed by atoms with van der Waals surface area (Å²) in [5, 5.41) is 10.9. The lowest BCUT2D eigenvalue weighted by atomic mass is 9.93. The second kappa shape index (κ2) is 5.37. The van der Waals surface area contributed by atoms with Crippen LogP contribution in [0.2, 0.25) is 0 Å². The Bertz CT molecular complexity index is 963. The van der Waals surface area contributed by atoms with Crippen LogP contribution in [-0.4, -0.2) is 20.6 Å². The Hall–Kier alpha value is -2.76. The summed E-state index contributed by atoms with van der Waals surface area (Å²) >= 11 is 0. The first-order valence-electron chi connectivity index (χ1n) is 8.60. The number of carbonyl (C=O) groups is 1.